The van der Waals surface area contributed by atoms with Crippen LogP contribution in [0.15, 0.2) is 47.4 Å². The lowest BCUT2D eigenvalue weighted by molar-refractivity contribution is -0.131. The van der Waals surface area contributed by atoms with E-state index in [9.17, 15) is 13.2 Å². The number of carbonyl (C=O) groups excluding carboxylic acids is 1. The van der Waals surface area contributed by atoms with Crippen molar-refractivity contribution in [3.05, 3.63) is 53.1 Å². The van der Waals surface area contributed by atoms with Gasteiger partial charge in [0.05, 0.1) is 10.9 Å². The average molecular weight is 451 g/mol. The number of benzene rings is 2. The van der Waals surface area contributed by atoms with Gasteiger partial charge < -0.3 is 14.4 Å². The van der Waals surface area contributed by atoms with E-state index in [0.29, 0.717) is 30.5 Å². The van der Waals surface area contributed by atoms with Crippen LogP contribution in [-0.4, -0.2) is 45.5 Å². The van der Waals surface area contributed by atoms with Crippen molar-refractivity contribution >= 4 is 27.5 Å². The van der Waals surface area contributed by atoms with Gasteiger partial charge in [-0.25, -0.2) is 13.1 Å². The third-order valence-electron chi connectivity index (χ3n) is 5.28. The highest BCUT2D eigenvalue weighted by Gasteiger charge is 2.30. The van der Waals surface area contributed by atoms with Gasteiger partial charge in [-0.3, -0.25) is 4.79 Å². The van der Waals surface area contributed by atoms with Gasteiger partial charge in [-0.05, 0) is 54.8 Å². The lowest BCUT2D eigenvalue weighted by Crippen LogP contribution is -2.34. The van der Waals surface area contributed by atoms with Gasteiger partial charge in [0.2, 0.25) is 15.9 Å². The summed E-state index contributed by atoms with van der Waals surface area (Å²) >= 11 is 5.80. The van der Waals surface area contributed by atoms with Gasteiger partial charge in [0.15, 0.2) is 11.5 Å². The Kier molecular flexibility index (Phi) is 6.17. The predicted octanol–water partition coefficient (Wildman–Crippen LogP) is 3.14. The van der Waals surface area contributed by atoms with E-state index in [-0.39, 0.29) is 29.8 Å². The van der Waals surface area contributed by atoms with Gasteiger partial charge in [-0.2, -0.15) is 0 Å². The molecule has 1 saturated heterocycles. The molecular weight excluding hydrogens is 428 g/mol. The summed E-state index contributed by atoms with van der Waals surface area (Å²) in [5.41, 5.74) is 1.01. The number of amides is 1. The summed E-state index contributed by atoms with van der Waals surface area (Å²) in [6.45, 7) is 1.74. The SMILES string of the molecule is O=C(CCNS(=O)(=O)c1ccc(Cl)cc1)N1CCCC1c1ccc2c(c1)OCCO2. The molecule has 30 heavy (non-hydrogen) atoms. The van der Waals surface area contributed by atoms with Gasteiger partial charge in [0.25, 0.3) is 0 Å². The van der Waals surface area contributed by atoms with Crippen LogP contribution in [0, 0.1) is 0 Å². The first-order valence-corrected chi connectivity index (χ1v) is 11.7. The highest BCUT2D eigenvalue weighted by Crippen LogP contribution is 2.38. The van der Waals surface area contributed by atoms with E-state index < -0.39 is 10.0 Å². The summed E-state index contributed by atoms with van der Waals surface area (Å²) in [6.07, 6.45) is 1.86. The summed E-state index contributed by atoms with van der Waals surface area (Å²) in [4.78, 5) is 14.7. The minimum Gasteiger partial charge on any atom is -0.486 e. The monoisotopic (exact) mass is 450 g/mol. The van der Waals surface area contributed by atoms with Crippen molar-refractivity contribution < 1.29 is 22.7 Å². The molecule has 0 bridgehead atoms. The van der Waals surface area contributed by atoms with E-state index in [1.54, 1.807) is 0 Å². The van der Waals surface area contributed by atoms with Crippen molar-refractivity contribution in [2.75, 3.05) is 26.3 Å². The number of ether oxygens (including phenoxy) is 2. The maximum Gasteiger partial charge on any atom is 0.240 e. The average Bonchev–Trinajstić information content (AvgIpc) is 3.23. The largest absolute Gasteiger partial charge is 0.486 e. The Morgan fingerprint density at radius 3 is 2.60 bits per heavy atom. The lowest BCUT2D eigenvalue weighted by Gasteiger charge is -2.27. The number of fused-ring (bicyclic) bond motifs is 1. The van der Waals surface area contributed by atoms with Crippen LogP contribution in [-0.2, 0) is 14.8 Å². The van der Waals surface area contributed by atoms with E-state index in [1.807, 2.05) is 23.1 Å². The molecule has 160 valence electrons. The fourth-order valence-electron chi connectivity index (χ4n) is 3.81. The smallest absolute Gasteiger partial charge is 0.240 e. The molecule has 0 saturated carbocycles. The van der Waals surface area contributed by atoms with Crippen molar-refractivity contribution in [3.63, 3.8) is 0 Å². The number of carbonyl (C=O) groups is 1. The van der Waals surface area contributed by atoms with Crippen LogP contribution in [0.1, 0.15) is 30.9 Å². The molecule has 0 aromatic heterocycles. The van der Waals surface area contributed by atoms with Crippen molar-refractivity contribution in [1.82, 2.24) is 9.62 Å². The summed E-state index contributed by atoms with van der Waals surface area (Å²) < 4.78 is 38.4. The first-order valence-electron chi connectivity index (χ1n) is 9.88. The predicted molar refractivity (Wildman–Crippen MR) is 112 cm³/mol. The van der Waals surface area contributed by atoms with Crippen molar-refractivity contribution in [2.24, 2.45) is 0 Å². The van der Waals surface area contributed by atoms with Crippen LogP contribution in [0.3, 0.4) is 0 Å². The summed E-state index contributed by atoms with van der Waals surface area (Å²) in [5, 5.41) is 0.461. The van der Waals surface area contributed by atoms with Gasteiger partial charge >= 0.3 is 0 Å². The van der Waals surface area contributed by atoms with Crippen LogP contribution < -0.4 is 14.2 Å². The second-order valence-corrected chi connectivity index (χ2v) is 9.45. The maximum atomic E-state index is 12.8. The Labute approximate surface area is 181 Å². The number of nitrogens with zero attached hydrogens (tertiary/aromatic N) is 1. The fraction of sp³-hybridized carbons (Fsp3) is 0.381. The Morgan fingerprint density at radius 1 is 1.10 bits per heavy atom. The van der Waals surface area contributed by atoms with Crippen molar-refractivity contribution in [3.8, 4) is 11.5 Å². The molecule has 2 aromatic rings. The zero-order valence-corrected chi connectivity index (χ0v) is 17.9. The van der Waals surface area contributed by atoms with Gasteiger partial charge in [0, 0.05) is 24.5 Å². The topological polar surface area (TPSA) is 84.9 Å². The fourth-order valence-corrected chi connectivity index (χ4v) is 4.97. The van der Waals surface area contributed by atoms with E-state index in [1.165, 1.54) is 24.3 Å². The number of rotatable bonds is 6. The Morgan fingerprint density at radius 2 is 1.83 bits per heavy atom. The second kappa shape index (κ2) is 8.83. The molecule has 0 aliphatic carbocycles. The zero-order valence-electron chi connectivity index (χ0n) is 16.3. The number of halogens is 1. The summed E-state index contributed by atoms with van der Waals surface area (Å²) in [7, 11) is -3.68. The number of sulfonamides is 1. The molecule has 7 nitrogen and oxygen atoms in total. The number of hydrogen-bond donors (Lipinski definition) is 1. The van der Waals surface area contributed by atoms with Crippen molar-refractivity contribution in [1.29, 1.82) is 0 Å². The van der Waals surface area contributed by atoms with E-state index in [2.05, 4.69) is 4.72 Å². The zero-order chi connectivity index (χ0) is 21.1. The van der Waals surface area contributed by atoms with Gasteiger partial charge in [0.1, 0.15) is 13.2 Å². The Bertz CT molecular complexity index is 1030. The van der Waals surface area contributed by atoms with E-state index in [0.717, 1.165) is 24.2 Å². The summed E-state index contributed by atoms with van der Waals surface area (Å²) in [6, 6.07) is 11.6. The molecule has 2 aromatic carbocycles. The molecule has 1 atom stereocenters. The Balaban J connectivity index is 1.37. The molecule has 4 rings (SSSR count). The molecule has 2 heterocycles. The van der Waals surface area contributed by atoms with Crippen LogP contribution in [0.25, 0.3) is 0 Å². The first kappa shape index (κ1) is 21.0. The highest BCUT2D eigenvalue weighted by atomic mass is 35.5. The third kappa shape index (κ3) is 4.55. The highest BCUT2D eigenvalue weighted by molar-refractivity contribution is 7.89. The van der Waals surface area contributed by atoms with Crippen LogP contribution in [0.4, 0.5) is 0 Å². The minimum absolute atomic E-state index is 0.0359. The minimum atomic E-state index is -3.68. The molecule has 9 heteroatoms. The number of hydrogen-bond acceptors (Lipinski definition) is 5. The van der Waals surface area contributed by atoms with E-state index >= 15 is 0 Å². The lowest BCUT2D eigenvalue weighted by atomic mass is 10.0. The standard InChI is InChI=1S/C21H23ClN2O5S/c22-16-4-6-17(7-5-16)30(26,27)23-10-9-21(25)24-11-1-2-18(24)15-3-8-19-20(14-15)29-13-12-28-19/h3-8,14,18,23H,1-2,9-13H2. The normalized spacial score (nSPS) is 18.4. The number of likely N-dealkylation sites (tertiary alicyclic amines) is 1. The van der Waals surface area contributed by atoms with E-state index in [4.69, 9.17) is 21.1 Å². The van der Waals surface area contributed by atoms with Gasteiger partial charge in [-0.1, -0.05) is 17.7 Å². The first-order chi connectivity index (χ1) is 14.4. The third-order valence-corrected chi connectivity index (χ3v) is 7.01. The van der Waals surface area contributed by atoms with Crippen LogP contribution in [0.2, 0.25) is 5.02 Å². The maximum absolute atomic E-state index is 12.8. The van der Waals surface area contributed by atoms with Crippen LogP contribution >= 0.6 is 11.6 Å². The van der Waals surface area contributed by atoms with Crippen molar-refractivity contribution in [2.45, 2.75) is 30.2 Å². The molecule has 1 amide bonds. The number of nitrogens with one attached hydrogen (secondary N) is 1. The molecular formula is C21H23ClN2O5S. The molecule has 1 unspecified atom stereocenters. The molecule has 2 aliphatic heterocycles. The molecule has 0 radical (unpaired) electrons. The van der Waals surface area contributed by atoms with Crippen LogP contribution in [0.5, 0.6) is 11.5 Å². The Hall–Kier alpha value is -2.29. The molecule has 2 aliphatic rings. The summed E-state index contributed by atoms with van der Waals surface area (Å²) in [5.74, 6) is 1.34. The molecule has 1 fully saturated rings. The molecule has 0 spiro atoms. The second-order valence-electron chi connectivity index (χ2n) is 7.25. The quantitative estimate of drug-likeness (QED) is 0.730. The molecule has 1 N–H and O–H groups in total. The van der Waals surface area contributed by atoms with Gasteiger partial charge in [-0.15, -0.1) is 0 Å².